The zero-order chi connectivity index (χ0) is 12.6. The Hall–Kier alpha value is -0.890. The van der Waals surface area contributed by atoms with Crippen LogP contribution in [0.15, 0.2) is 24.3 Å². The molecule has 1 saturated carbocycles. The molecule has 1 aromatic rings. The predicted octanol–water partition coefficient (Wildman–Crippen LogP) is 3.89. The molecule has 18 heavy (non-hydrogen) atoms. The SMILES string of the molecule is CN1Cc2ccccc2C(C2(F)CCCCC2)C1. The fourth-order valence-corrected chi connectivity index (χ4v) is 3.71. The van der Waals surface area contributed by atoms with E-state index < -0.39 is 5.67 Å². The Balaban J connectivity index is 1.96. The maximum atomic E-state index is 15.3. The molecule has 1 atom stereocenters. The Kier molecular flexibility index (Phi) is 3.14. The molecule has 1 unspecified atom stereocenters. The summed E-state index contributed by atoms with van der Waals surface area (Å²) in [7, 11) is 2.11. The first-order valence-electron chi connectivity index (χ1n) is 7.14. The van der Waals surface area contributed by atoms with E-state index in [1.54, 1.807) is 0 Å². The molecule has 0 radical (unpaired) electrons. The summed E-state index contributed by atoms with van der Waals surface area (Å²) in [5, 5.41) is 0. The third-order valence-electron chi connectivity index (χ3n) is 4.67. The summed E-state index contributed by atoms with van der Waals surface area (Å²) in [5.41, 5.74) is 1.61. The fraction of sp³-hybridized carbons (Fsp3) is 0.625. The molecule has 1 heterocycles. The second-order valence-corrected chi connectivity index (χ2v) is 6.04. The molecule has 1 aliphatic heterocycles. The van der Waals surface area contributed by atoms with Gasteiger partial charge in [-0.2, -0.15) is 0 Å². The van der Waals surface area contributed by atoms with Gasteiger partial charge in [0.05, 0.1) is 0 Å². The summed E-state index contributed by atoms with van der Waals surface area (Å²) >= 11 is 0. The monoisotopic (exact) mass is 247 g/mol. The van der Waals surface area contributed by atoms with Gasteiger partial charge in [-0.3, -0.25) is 0 Å². The van der Waals surface area contributed by atoms with Crippen LogP contribution in [0.4, 0.5) is 4.39 Å². The van der Waals surface area contributed by atoms with E-state index in [2.05, 4.69) is 36.2 Å². The molecule has 0 N–H and O–H groups in total. The van der Waals surface area contributed by atoms with Crippen molar-refractivity contribution < 1.29 is 4.39 Å². The minimum atomic E-state index is -0.969. The second kappa shape index (κ2) is 4.65. The van der Waals surface area contributed by atoms with Crippen LogP contribution in [0.3, 0.4) is 0 Å². The average Bonchev–Trinajstić information content (AvgIpc) is 2.38. The van der Waals surface area contributed by atoms with Crippen molar-refractivity contribution in [2.75, 3.05) is 13.6 Å². The molecule has 0 bridgehead atoms. The van der Waals surface area contributed by atoms with Crippen molar-refractivity contribution in [3.8, 4) is 0 Å². The lowest BCUT2D eigenvalue weighted by Crippen LogP contribution is -2.43. The highest BCUT2D eigenvalue weighted by molar-refractivity contribution is 5.35. The minimum absolute atomic E-state index is 0.0766. The summed E-state index contributed by atoms with van der Waals surface area (Å²) in [6.07, 6.45) is 4.81. The number of hydrogen-bond acceptors (Lipinski definition) is 1. The molecular formula is C16H22FN. The van der Waals surface area contributed by atoms with E-state index in [0.717, 1.165) is 38.8 Å². The summed E-state index contributed by atoms with van der Waals surface area (Å²) in [6, 6.07) is 8.43. The molecule has 0 amide bonds. The van der Waals surface area contributed by atoms with Gasteiger partial charge in [0.15, 0.2) is 0 Å². The number of nitrogens with zero attached hydrogens (tertiary/aromatic N) is 1. The molecule has 0 aromatic heterocycles. The van der Waals surface area contributed by atoms with Gasteiger partial charge in [0.2, 0.25) is 0 Å². The maximum Gasteiger partial charge on any atom is 0.119 e. The Morgan fingerprint density at radius 2 is 1.89 bits per heavy atom. The number of benzene rings is 1. The largest absolute Gasteiger partial charge is 0.301 e. The first kappa shape index (κ1) is 12.2. The molecular weight excluding hydrogens is 225 g/mol. The number of rotatable bonds is 1. The first-order valence-corrected chi connectivity index (χ1v) is 7.14. The van der Waals surface area contributed by atoms with Crippen molar-refractivity contribution in [3.63, 3.8) is 0 Å². The van der Waals surface area contributed by atoms with Crippen molar-refractivity contribution in [2.45, 2.75) is 50.2 Å². The van der Waals surface area contributed by atoms with Crippen LogP contribution in [-0.2, 0) is 6.54 Å². The van der Waals surface area contributed by atoms with Gasteiger partial charge < -0.3 is 4.90 Å². The molecule has 2 heteroatoms. The van der Waals surface area contributed by atoms with Gasteiger partial charge in [0, 0.05) is 19.0 Å². The summed E-state index contributed by atoms with van der Waals surface area (Å²) in [4.78, 5) is 2.27. The third kappa shape index (κ3) is 2.07. The summed E-state index contributed by atoms with van der Waals surface area (Å²) < 4.78 is 15.3. The fourth-order valence-electron chi connectivity index (χ4n) is 3.71. The maximum absolute atomic E-state index is 15.3. The highest BCUT2D eigenvalue weighted by atomic mass is 19.1. The van der Waals surface area contributed by atoms with Gasteiger partial charge in [-0.05, 0) is 31.0 Å². The van der Waals surface area contributed by atoms with E-state index in [0.29, 0.717) is 0 Å². The van der Waals surface area contributed by atoms with Crippen LogP contribution in [0.25, 0.3) is 0 Å². The third-order valence-corrected chi connectivity index (χ3v) is 4.67. The normalized spacial score (nSPS) is 27.8. The van der Waals surface area contributed by atoms with Crippen LogP contribution in [-0.4, -0.2) is 24.2 Å². The van der Waals surface area contributed by atoms with Gasteiger partial charge in [0.1, 0.15) is 5.67 Å². The molecule has 0 saturated heterocycles. The van der Waals surface area contributed by atoms with Crippen molar-refractivity contribution in [1.29, 1.82) is 0 Å². The Labute approximate surface area is 109 Å². The van der Waals surface area contributed by atoms with Crippen LogP contribution in [0.1, 0.15) is 49.1 Å². The molecule has 1 fully saturated rings. The highest BCUT2D eigenvalue weighted by Crippen LogP contribution is 2.45. The van der Waals surface area contributed by atoms with Crippen molar-refractivity contribution in [2.24, 2.45) is 0 Å². The quantitative estimate of drug-likeness (QED) is 0.727. The second-order valence-electron chi connectivity index (χ2n) is 6.04. The van der Waals surface area contributed by atoms with E-state index in [4.69, 9.17) is 0 Å². The molecule has 98 valence electrons. The van der Waals surface area contributed by atoms with Gasteiger partial charge >= 0.3 is 0 Å². The van der Waals surface area contributed by atoms with E-state index in [9.17, 15) is 0 Å². The molecule has 0 spiro atoms. The van der Waals surface area contributed by atoms with Crippen LogP contribution in [0.5, 0.6) is 0 Å². The van der Waals surface area contributed by atoms with E-state index in [-0.39, 0.29) is 5.92 Å². The van der Waals surface area contributed by atoms with Gasteiger partial charge in [0.25, 0.3) is 0 Å². The zero-order valence-corrected chi connectivity index (χ0v) is 11.2. The van der Waals surface area contributed by atoms with Crippen LogP contribution in [0, 0.1) is 0 Å². The van der Waals surface area contributed by atoms with Crippen LogP contribution >= 0.6 is 0 Å². The summed E-state index contributed by atoms with van der Waals surface area (Å²) in [6.45, 7) is 1.83. The van der Waals surface area contributed by atoms with E-state index >= 15 is 4.39 Å². The van der Waals surface area contributed by atoms with Crippen molar-refractivity contribution in [3.05, 3.63) is 35.4 Å². The number of hydrogen-bond donors (Lipinski definition) is 0. The number of alkyl halides is 1. The van der Waals surface area contributed by atoms with Gasteiger partial charge in [-0.25, -0.2) is 4.39 Å². The highest BCUT2D eigenvalue weighted by Gasteiger charge is 2.43. The first-order chi connectivity index (χ1) is 8.69. The Bertz CT molecular complexity index is 423. The molecule has 1 aliphatic carbocycles. The molecule has 1 nitrogen and oxygen atoms in total. The molecule has 2 aliphatic rings. The number of fused-ring (bicyclic) bond motifs is 1. The standard InChI is InChI=1S/C16H22FN/c1-18-11-13-7-3-4-8-14(13)15(12-18)16(17)9-5-2-6-10-16/h3-4,7-8,15H,2,5-6,9-12H2,1H3. The van der Waals surface area contributed by atoms with Crippen LogP contribution < -0.4 is 0 Å². The zero-order valence-electron chi connectivity index (χ0n) is 11.2. The van der Waals surface area contributed by atoms with Crippen molar-refractivity contribution in [1.82, 2.24) is 4.90 Å². The lowest BCUT2D eigenvalue weighted by Gasteiger charge is -2.42. The van der Waals surface area contributed by atoms with E-state index in [1.807, 2.05) is 0 Å². The average molecular weight is 247 g/mol. The number of likely N-dealkylation sites (N-methyl/N-ethyl adjacent to an activating group) is 1. The lowest BCUT2D eigenvalue weighted by molar-refractivity contribution is 0.0514. The van der Waals surface area contributed by atoms with Crippen LogP contribution in [0.2, 0.25) is 0 Å². The smallest absolute Gasteiger partial charge is 0.119 e. The van der Waals surface area contributed by atoms with Gasteiger partial charge in [-0.1, -0.05) is 43.5 Å². The molecule has 3 rings (SSSR count). The van der Waals surface area contributed by atoms with E-state index in [1.165, 1.54) is 17.5 Å². The predicted molar refractivity (Wildman–Crippen MR) is 72.4 cm³/mol. The topological polar surface area (TPSA) is 3.24 Å². The molecule has 1 aromatic carbocycles. The number of halogens is 1. The van der Waals surface area contributed by atoms with Gasteiger partial charge in [-0.15, -0.1) is 0 Å². The summed E-state index contributed by atoms with van der Waals surface area (Å²) in [5.74, 6) is 0.0766. The Morgan fingerprint density at radius 1 is 1.17 bits per heavy atom. The lowest BCUT2D eigenvalue weighted by atomic mass is 9.72. The Morgan fingerprint density at radius 3 is 2.67 bits per heavy atom. The minimum Gasteiger partial charge on any atom is -0.301 e. The van der Waals surface area contributed by atoms with Crippen molar-refractivity contribution >= 4 is 0 Å².